The molecule has 2 heterocycles. The van der Waals surface area contributed by atoms with Gasteiger partial charge in [-0.05, 0) is 13.8 Å². The molecule has 0 radical (unpaired) electrons. The monoisotopic (exact) mass is 240 g/mol. The second-order valence-corrected chi connectivity index (χ2v) is 4.01. The first-order chi connectivity index (χ1) is 8.19. The second kappa shape index (κ2) is 4.87. The molecule has 5 heteroatoms. The van der Waals surface area contributed by atoms with Crippen LogP contribution in [0.3, 0.4) is 0 Å². The molecule has 5 nitrogen and oxygen atoms in total. The Morgan fingerprint density at radius 2 is 1.41 bits per heavy atom. The van der Waals surface area contributed by atoms with Crippen molar-refractivity contribution in [2.45, 2.75) is 26.1 Å². The van der Waals surface area contributed by atoms with Crippen LogP contribution in [0, 0.1) is 11.8 Å². The van der Waals surface area contributed by atoms with E-state index in [1.54, 1.807) is 13.8 Å². The molecule has 0 aromatic heterocycles. The van der Waals surface area contributed by atoms with Crippen LogP contribution in [0.25, 0.3) is 0 Å². The maximum Gasteiger partial charge on any atom is 0.312 e. The summed E-state index contributed by atoms with van der Waals surface area (Å²) in [4.78, 5) is 23.6. The number of carbonyl (C=O) groups excluding carboxylic acids is 2. The molecule has 4 atom stereocenters. The van der Waals surface area contributed by atoms with Crippen molar-refractivity contribution in [3.63, 3.8) is 0 Å². The minimum absolute atomic E-state index is 0.298. The van der Waals surface area contributed by atoms with Gasteiger partial charge in [-0.2, -0.15) is 0 Å². The molecule has 94 valence electrons. The minimum atomic E-state index is -0.566. The van der Waals surface area contributed by atoms with Crippen molar-refractivity contribution >= 4 is 11.9 Å². The lowest BCUT2D eigenvalue weighted by molar-refractivity contribution is -0.159. The van der Waals surface area contributed by atoms with Gasteiger partial charge >= 0.3 is 11.9 Å². The van der Waals surface area contributed by atoms with Crippen LogP contribution in [0.15, 0.2) is 12.2 Å². The van der Waals surface area contributed by atoms with E-state index in [9.17, 15) is 9.59 Å². The maximum atomic E-state index is 11.8. The fourth-order valence-corrected chi connectivity index (χ4v) is 2.35. The number of esters is 2. The summed E-state index contributed by atoms with van der Waals surface area (Å²) in [5.74, 6) is -1.90. The van der Waals surface area contributed by atoms with Gasteiger partial charge in [0, 0.05) is 0 Å². The first kappa shape index (κ1) is 12.1. The average Bonchev–Trinajstić information content (AvgIpc) is 2.89. The van der Waals surface area contributed by atoms with Gasteiger partial charge in [-0.25, -0.2) is 0 Å². The van der Waals surface area contributed by atoms with Crippen LogP contribution in [0.5, 0.6) is 0 Å². The first-order valence-corrected chi connectivity index (χ1v) is 5.86. The van der Waals surface area contributed by atoms with E-state index in [4.69, 9.17) is 14.2 Å². The predicted octanol–water partition coefficient (Wildman–Crippen LogP) is 0.682. The second-order valence-electron chi connectivity index (χ2n) is 4.01. The standard InChI is InChI=1S/C12H16O5/c1-3-15-11(13)9-7-5-6-8(17-7)10(9)12(14)16-4-2/h5-10H,3-4H2,1-2H3/t7-,8+,9-,10+. The molecule has 0 aromatic carbocycles. The molecule has 0 unspecified atom stereocenters. The molecule has 0 aliphatic carbocycles. The number of hydrogen-bond acceptors (Lipinski definition) is 5. The lowest BCUT2D eigenvalue weighted by atomic mass is 9.83. The maximum absolute atomic E-state index is 11.8. The molecule has 0 saturated carbocycles. The normalized spacial score (nSPS) is 33.8. The number of ether oxygens (including phenoxy) is 3. The van der Waals surface area contributed by atoms with E-state index in [1.165, 1.54) is 0 Å². The first-order valence-electron chi connectivity index (χ1n) is 5.86. The van der Waals surface area contributed by atoms with Gasteiger partial charge < -0.3 is 14.2 Å². The molecule has 17 heavy (non-hydrogen) atoms. The zero-order valence-electron chi connectivity index (χ0n) is 9.92. The summed E-state index contributed by atoms with van der Waals surface area (Å²) < 4.78 is 15.5. The van der Waals surface area contributed by atoms with Gasteiger partial charge in [0.1, 0.15) is 11.8 Å². The Morgan fingerprint density at radius 3 is 1.76 bits per heavy atom. The molecular formula is C12H16O5. The summed E-state index contributed by atoms with van der Waals surface area (Å²) in [6.07, 6.45) is 2.91. The van der Waals surface area contributed by atoms with E-state index < -0.39 is 11.8 Å². The molecule has 0 amide bonds. The van der Waals surface area contributed by atoms with Crippen LogP contribution >= 0.6 is 0 Å². The van der Waals surface area contributed by atoms with Gasteiger partial charge in [0.25, 0.3) is 0 Å². The lowest BCUT2D eigenvalue weighted by Gasteiger charge is -2.21. The Balaban J connectivity index is 2.14. The molecule has 2 bridgehead atoms. The fraction of sp³-hybridized carbons (Fsp3) is 0.667. The predicted molar refractivity (Wildman–Crippen MR) is 58.0 cm³/mol. The van der Waals surface area contributed by atoms with Crippen molar-refractivity contribution in [3.05, 3.63) is 12.2 Å². The highest BCUT2D eigenvalue weighted by Crippen LogP contribution is 2.40. The zero-order chi connectivity index (χ0) is 12.4. The van der Waals surface area contributed by atoms with Crippen LogP contribution in [0.1, 0.15) is 13.8 Å². The molecule has 1 saturated heterocycles. The van der Waals surface area contributed by atoms with E-state index >= 15 is 0 Å². The molecule has 2 aliphatic heterocycles. The molecule has 0 N–H and O–H groups in total. The van der Waals surface area contributed by atoms with E-state index in [1.807, 2.05) is 12.2 Å². The summed E-state index contributed by atoms with van der Waals surface area (Å²) in [5.41, 5.74) is 0. The van der Waals surface area contributed by atoms with Crippen LogP contribution in [0.2, 0.25) is 0 Å². The molecule has 2 aliphatic rings. The summed E-state index contributed by atoms with van der Waals surface area (Å²) in [5, 5.41) is 0. The van der Waals surface area contributed by atoms with Crippen molar-refractivity contribution in [1.29, 1.82) is 0 Å². The Labute approximate surface area is 99.7 Å². The van der Waals surface area contributed by atoms with Crippen molar-refractivity contribution in [3.8, 4) is 0 Å². The Bertz CT molecular complexity index is 317. The van der Waals surface area contributed by atoms with Gasteiger partial charge in [-0.15, -0.1) is 0 Å². The molecular weight excluding hydrogens is 224 g/mol. The van der Waals surface area contributed by atoms with Crippen LogP contribution in [-0.4, -0.2) is 37.4 Å². The van der Waals surface area contributed by atoms with Gasteiger partial charge in [-0.3, -0.25) is 9.59 Å². The van der Waals surface area contributed by atoms with Crippen molar-refractivity contribution in [2.24, 2.45) is 11.8 Å². The molecule has 0 spiro atoms. The lowest BCUT2D eigenvalue weighted by Crippen LogP contribution is -2.38. The smallest absolute Gasteiger partial charge is 0.312 e. The number of hydrogen-bond donors (Lipinski definition) is 0. The highest BCUT2D eigenvalue weighted by Gasteiger charge is 2.54. The van der Waals surface area contributed by atoms with Crippen LogP contribution in [0.4, 0.5) is 0 Å². The van der Waals surface area contributed by atoms with Crippen molar-refractivity contribution < 1.29 is 23.8 Å². The van der Waals surface area contributed by atoms with Crippen molar-refractivity contribution in [2.75, 3.05) is 13.2 Å². The quantitative estimate of drug-likeness (QED) is 0.534. The number of rotatable bonds is 4. The van der Waals surface area contributed by atoms with Gasteiger partial charge in [0.15, 0.2) is 0 Å². The summed E-state index contributed by atoms with van der Waals surface area (Å²) in [6, 6.07) is 0. The molecule has 1 fully saturated rings. The van der Waals surface area contributed by atoms with Crippen LogP contribution < -0.4 is 0 Å². The Kier molecular flexibility index (Phi) is 3.47. The molecule has 0 aromatic rings. The number of fused-ring (bicyclic) bond motifs is 2. The third-order valence-electron chi connectivity index (χ3n) is 3.02. The summed E-state index contributed by atoms with van der Waals surface area (Å²) >= 11 is 0. The highest BCUT2D eigenvalue weighted by molar-refractivity contribution is 5.85. The van der Waals surface area contributed by atoms with Gasteiger partial charge in [0.05, 0.1) is 25.4 Å². The van der Waals surface area contributed by atoms with Gasteiger partial charge in [-0.1, -0.05) is 12.2 Å². The van der Waals surface area contributed by atoms with E-state index in [0.29, 0.717) is 13.2 Å². The topological polar surface area (TPSA) is 61.8 Å². The fourth-order valence-electron chi connectivity index (χ4n) is 2.35. The SMILES string of the molecule is CCOC(=O)[C@@H]1[C@H](C(=O)OCC)[C@H]2C=C[C@@H]1O2. The molecule has 2 rings (SSSR count). The Hall–Kier alpha value is -1.36. The van der Waals surface area contributed by atoms with Gasteiger partial charge in [0.2, 0.25) is 0 Å². The van der Waals surface area contributed by atoms with E-state index in [0.717, 1.165) is 0 Å². The third kappa shape index (κ3) is 2.07. The summed E-state index contributed by atoms with van der Waals surface area (Å²) in [6.45, 7) is 4.07. The largest absolute Gasteiger partial charge is 0.466 e. The van der Waals surface area contributed by atoms with Crippen molar-refractivity contribution in [1.82, 2.24) is 0 Å². The minimum Gasteiger partial charge on any atom is -0.466 e. The highest BCUT2D eigenvalue weighted by atomic mass is 16.6. The average molecular weight is 240 g/mol. The number of carbonyl (C=O) groups is 2. The summed E-state index contributed by atoms with van der Waals surface area (Å²) in [7, 11) is 0. The zero-order valence-corrected chi connectivity index (χ0v) is 9.92. The van der Waals surface area contributed by atoms with E-state index in [2.05, 4.69) is 0 Å². The Morgan fingerprint density at radius 1 is 1.00 bits per heavy atom. The van der Waals surface area contributed by atoms with E-state index in [-0.39, 0.29) is 24.1 Å². The van der Waals surface area contributed by atoms with Crippen LogP contribution in [-0.2, 0) is 23.8 Å². The third-order valence-corrected chi connectivity index (χ3v) is 3.02.